The summed E-state index contributed by atoms with van der Waals surface area (Å²) in [5, 5.41) is 0. The van der Waals surface area contributed by atoms with Crippen LogP contribution in [0.1, 0.15) is 130 Å². The lowest BCUT2D eigenvalue weighted by Crippen LogP contribution is -2.32. The SMILES string of the molecule is CCCCCCN(CCCCCC)SN1CCN(SN(CCCCCC)CCCCCC)C1=O. The number of nitrogens with zero attached hydrogens (tertiary/aromatic N) is 4. The fourth-order valence-electron chi connectivity index (χ4n) is 4.17. The maximum absolute atomic E-state index is 13.2. The molecule has 1 aliphatic heterocycles. The molecule has 34 heavy (non-hydrogen) atoms. The molecule has 1 rings (SSSR count). The highest BCUT2D eigenvalue weighted by molar-refractivity contribution is 7.96. The Balaban J connectivity index is 2.55. The first kappa shape index (κ1) is 31.9. The van der Waals surface area contributed by atoms with E-state index in [1.54, 1.807) is 24.3 Å². The quantitative estimate of drug-likeness (QED) is 0.0944. The Bertz CT molecular complexity index is 420. The Labute approximate surface area is 221 Å². The molecule has 1 aliphatic rings. The topological polar surface area (TPSA) is 30.0 Å². The third-order valence-corrected chi connectivity index (χ3v) is 8.67. The van der Waals surface area contributed by atoms with Crippen molar-refractivity contribution in [3.8, 4) is 0 Å². The van der Waals surface area contributed by atoms with E-state index in [-0.39, 0.29) is 6.03 Å². The molecule has 2 amide bonds. The van der Waals surface area contributed by atoms with E-state index >= 15 is 0 Å². The standard InChI is InChI=1S/C27H56N4OS2/c1-5-9-13-17-21-28(22-18-14-10-6-2)33-30-25-26-31(27(30)32)34-29(23-19-15-11-7-3)24-20-16-12-8-4/h5-26H2,1-4H3. The summed E-state index contributed by atoms with van der Waals surface area (Å²) in [6.07, 6.45) is 20.5. The van der Waals surface area contributed by atoms with Crippen LogP contribution < -0.4 is 0 Å². The Hall–Kier alpha value is -0.110. The number of carbonyl (C=O) groups excluding carboxylic acids is 1. The zero-order chi connectivity index (χ0) is 24.9. The summed E-state index contributed by atoms with van der Waals surface area (Å²) < 4.78 is 8.95. The van der Waals surface area contributed by atoms with Crippen molar-refractivity contribution in [1.82, 2.24) is 17.2 Å². The predicted octanol–water partition coefficient (Wildman–Crippen LogP) is 8.78. The first-order chi connectivity index (χ1) is 16.7. The van der Waals surface area contributed by atoms with Crippen LogP contribution in [0.25, 0.3) is 0 Å². The van der Waals surface area contributed by atoms with E-state index in [0.29, 0.717) is 0 Å². The summed E-state index contributed by atoms with van der Waals surface area (Å²) in [4.78, 5) is 13.2. The van der Waals surface area contributed by atoms with Gasteiger partial charge in [-0.1, -0.05) is 105 Å². The summed E-state index contributed by atoms with van der Waals surface area (Å²) in [6.45, 7) is 15.1. The van der Waals surface area contributed by atoms with Crippen molar-refractivity contribution in [3.63, 3.8) is 0 Å². The fraction of sp³-hybridized carbons (Fsp3) is 0.963. The van der Waals surface area contributed by atoms with Crippen molar-refractivity contribution >= 4 is 30.3 Å². The van der Waals surface area contributed by atoms with Gasteiger partial charge in [-0.2, -0.15) is 0 Å². The van der Waals surface area contributed by atoms with Crippen molar-refractivity contribution in [2.24, 2.45) is 0 Å². The summed E-state index contributed by atoms with van der Waals surface area (Å²) >= 11 is 3.40. The molecular formula is C27H56N4OS2. The molecule has 5 nitrogen and oxygen atoms in total. The van der Waals surface area contributed by atoms with Gasteiger partial charge in [0.1, 0.15) is 0 Å². The number of rotatable bonds is 24. The van der Waals surface area contributed by atoms with Crippen LogP contribution in [0.4, 0.5) is 4.79 Å². The summed E-state index contributed by atoms with van der Waals surface area (Å²) in [5.41, 5.74) is 0. The van der Waals surface area contributed by atoms with E-state index < -0.39 is 0 Å². The van der Waals surface area contributed by atoms with Crippen LogP contribution in [0, 0.1) is 0 Å². The second kappa shape index (κ2) is 22.1. The zero-order valence-electron chi connectivity index (χ0n) is 23.1. The van der Waals surface area contributed by atoms with Crippen molar-refractivity contribution in [1.29, 1.82) is 0 Å². The molecule has 0 bridgehead atoms. The molecule has 202 valence electrons. The second-order valence-corrected chi connectivity index (χ2v) is 12.0. The smallest absolute Gasteiger partial charge is 0.252 e. The third-order valence-electron chi connectivity index (χ3n) is 6.41. The zero-order valence-corrected chi connectivity index (χ0v) is 24.7. The van der Waals surface area contributed by atoms with Gasteiger partial charge in [-0.3, -0.25) is 8.61 Å². The number of urea groups is 1. The van der Waals surface area contributed by atoms with E-state index in [4.69, 9.17) is 0 Å². The number of amides is 2. The Morgan fingerprint density at radius 2 is 0.824 bits per heavy atom. The molecule has 7 heteroatoms. The van der Waals surface area contributed by atoms with Crippen LogP contribution in [-0.2, 0) is 0 Å². The van der Waals surface area contributed by atoms with Gasteiger partial charge in [0.05, 0.1) is 13.1 Å². The van der Waals surface area contributed by atoms with Crippen molar-refractivity contribution in [2.45, 2.75) is 130 Å². The molecule has 0 radical (unpaired) electrons. The molecular weight excluding hydrogens is 460 g/mol. The minimum atomic E-state index is 0.189. The molecule has 0 aliphatic carbocycles. The van der Waals surface area contributed by atoms with Gasteiger partial charge in [0, 0.05) is 50.4 Å². The lowest BCUT2D eigenvalue weighted by atomic mass is 10.2. The second-order valence-electron chi connectivity index (χ2n) is 9.75. The molecule has 1 saturated heterocycles. The Morgan fingerprint density at radius 3 is 1.09 bits per heavy atom. The first-order valence-electron chi connectivity index (χ1n) is 14.6. The highest BCUT2D eigenvalue weighted by Crippen LogP contribution is 2.29. The van der Waals surface area contributed by atoms with E-state index in [9.17, 15) is 4.79 Å². The Morgan fingerprint density at radius 1 is 0.529 bits per heavy atom. The molecule has 0 aromatic carbocycles. The fourth-order valence-corrected chi connectivity index (χ4v) is 6.29. The predicted molar refractivity (Wildman–Crippen MR) is 154 cm³/mol. The average Bonchev–Trinajstić information content (AvgIpc) is 3.18. The van der Waals surface area contributed by atoms with Gasteiger partial charge in [-0.25, -0.2) is 13.4 Å². The molecule has 0 aromatic rings. The molecule has 0 unspecified atom stereocenters. The van der Waals surface area contributed by atoms with Crippen LogP contribution in [0.5, 0.6) is 0 Å². The minimum absolute atomic E-state index is 0.189. The molecule has 0 aromatic heterocycles. The van der Waals surface area contributed by atoms with Crippen molar-refractivity contribution in [2.75, 3.05) is 39.3 Å². The van der Waals surface area contributed by atoms with E-state index in [0.717, 1.165) is 39.3 Å². The molecule has 0 N–H and O–H groups in total. The van der Waals surface area contributed by atoms with Crippen LogP contribution >= 0.6 is 24.3 Å². The average molecular weight is 517 g/mol. The van der Waals surface area contributed by atoms with Crippen LogP contribution in [0.15, 0.2) is 0 Å². The number of unbranched alkanes of at least 4 members (excludes halogenated alkanes) is 12. The lowest BCUT2D eigenvalue weighted by molar-refractivity contribution is 0.226. The lowest BCUT2D eigenvalue weighted by Gasteiger charge is -2.27. The van der Waals surface area contributed by atoms with E-state index in [1.807, 2.05) is 8.61 Å². The summed E-state index contributed by atoms with van der Waals surface area (Å²) in [6, 6.07) is 0.189. The molecule has 0 saturated carbocycles. The minimum Gasteiger partial charge on any atom is -0.252 e. The maximum atomic E-state index is 13.2. The van der Waals surface area contributed by atoms with Gasteiger partial charge in [-0.05, 0) is 25.7 Å². The summed E-state index contributed by atoms with van der Waals surface area (Å²) in [7, 11) is 0. The first-order valence-corrected chi connectivity index (χ1v) is 16.1. The monoisotopic (exact) mass is 516 g/mol. The van der Waals surface area contributed by atoms with Gasteiger partial charge in [-0.15, -0.1) is 0 Å². The van der Waals surface area contributed by atoms with Crippen LogP contribution in [0.2, 0.25) is 0 Å². The highest BCUT2D eigenvalue weighted by atomic mass is 32.2. The van der Waals surface area contributed by atoms with E-state index in [1.165, 1.54) is 103 Å². The Kier molecular flexibility index (Phi) is 20.8. The molecule has 0 atom stereocenters. The number of carbonyl (C=O) groups is 1. The van der Waals surface area contributed by atoms with Crippen molar-refractivity contribution in [3.05, 3.63) is 0 Å². The largest absolute Gasteiger partial charge is 0.342 e. The summed E-state index contributed by atoms with van der Waals surface area (Å²) in [5.74, 6) is 0. The maximum Gasteiger partial charge on any atom is 0.342 e. The molecule has 1 heterocycles. The van der Waals surface area contributed by atoms with Gasteiger partial charge < -0.3 is 0 Å². The molecule has 0 spiro atoms. The van der Waals surface area contributed by atoms with Gasteiger partial charge in [0.25, 0.3) is 0 Å². The number of hydrogen-bond acceptors (Lipinski definition) is 5. The van der Waals surface area contributed by atoms with Crippen LogP contribution in [0.3, 0.4) is 0 Å². The molecule has 1 fully saturated rings. The third kappa shape index (κ3) is 15.1. The van der Waals surface area contributed by atoms with Gasteiger partial charge in [0.15, 0.2) is 0 Å². The van der Waals surface area contributed by atoms with Gasteiger partial charge in [0.2, 0.25) is 0 Å². The van der Waals surface area contributed by atoms with Crippen LogP contribution in [-0.4, -0.2) is 62.5 Å². The van der Waals surface area contributed by atoms with Gasteiger partial charge >= 0.3 is 6.03 Å². The van der Waals surface area contributed by atoms with Crippen molar-refractivity contribution < 1.29 is 4.79 Å². The van der Waals surface area contributed by atoms with E-state index in [2.05, 4.69) is 36.3 Å². The number of hydrogen-bond donors (Lipinski definition) is 0. The normalized spacial score (nSPS) is 14.4. The highest BCUT2D eigenvalue weighted by Gasteiger charge is 2.32.